The van der Waals surface area contributed by atoms with Crippen molar-refractivity contribution in [1.29, 1.82) is 0 Å². The van der Waals surface area contributed by atoms with Crippen LogP contribution in [0.2, 0.25) is 0 Å². The maximum absolute atomic E-state index is 12.4. The van der Waals surface area contributed by atoms with E-state index in [2.05, 4.69) is 17.6 Å². The second-order valence-electron chi connectivity index (χ2n) is 7.01. The molecular formula is C21H33N3O3. The molecule has 1 aromatic rings. The summed E-state index contributed by atoms with van der Waals surface area (Å²) in [6, 6.07) is 8.91. The Bertz CT molecular complexity index is 590. The van der Waals surface area contributed by atoms with Crippen LogP contribution < -0.4 is 16.4 Å². The first-order valence-corrected chi connectivity index (χ1v) is 9.84. The number of benzene rings is 1. The second-order valence-corrected chi connectivity index (χ2v) is 7.01. The Hall–Kier alpha value is -2.37. The van der Waals surface area contributed by atoms with Gasteiger partial charge in [0.2, 0.25) is 17.7 Å². The molecule has 1 rings (SSSR count). The first kappa shape index (κ1) is 22.7. The van der Waals surface area contributed by atoms with Gasteiger partial charge in [0.25, 0.3) is 0 Å². The fourth-order valence-electron chi connectivity index (χ4n) is 2.84. The van der Waals surface area contributed by atoms with Gasteiger partial charge in [-0.05, 0) is 17.9 Å². The Morgan fingerprint density at radius 2 is 1.70 bits per heavy atom. The molecule has 0 saturated heterocycles. The molecule has 0 heterocycles. The predicted octanol–water partition coefficient (Wildman–Crippen LogP) is 2.63. The molecule has 1 aromatic carbocycles. The number of carbonyl (C=O) groups excluding carboxylic acids is 3. The average molecular weight is 376 g/mol. The lowest BCUT2D eigenvalue weighted by Crippen LogP contribution is -2.49. The first-order valence-electron chi connectivity index (χ1n) is 9.84. The number of carbonyl (C=O) groups is 3. The van der Waals surface area contributed by atoms with Gasteiger partial charge in [0.05, 0.1) is 6.42 Å². The van der Waals surface area contributed by atoms with Crippen LogP contribution in [-0.2, 0) is 14.4 Å². The highest BCUT2D eigenvalue weighted by Crippen LogP contribution is 2.13. The highest BCUT2D eigenvalue weighted by Gasteiger charge is 2.23. The van der Waals surface area contributed by atoms with E-state index >= 15 is 0 Å². The van der Waals surface area contributed by atoms with Gasteiger partial charge in [-0.15, -0.1) is 0 Å². The predicted molar refractivity (Wildman–Crippen MR) is 107 cm³/mol. The van der Waals surface area contributed by atoms with E-state index in [1.165, 1.54) is 0 Å². The Labute approximate surface area is 162 Å². The molecule has 0 fully saturated rings. The maximum Gasteiger partial charge on any atom is 0.243 e. The lowest BCUT2D eigenvalue weighted by molar-refractivity contribution is -0.131. The fourth-order valence-corrected chi connectivity index (χ4v) is 2.84. The van der Waals surface area contributed by atoms with E-state index in [4.69, 9.17) is 5.73 Å². The van der Waals surface area contributed by atoms with Crippen LogP contribution >= 0.6 is 0 Å². The summed E-state index contributed by atoms with van der Waals surface area (Å²) < 4.78 is 0. The Morgan fingerprint density at radius 1 is 1.04 bits per heavy atom. The summed E-state index contributed by atoms with van der Waals surface area (Å²) in [5, 5.41) is 5.47. The minimum atomic E-state index is -0.923. The number of hydrogen-bond donors (Lipinski definition) is 3. The molecule has 2 atom stereocenters. The zero-order valence-corrected chi connectivity index (χ0v) is 16.5. The summed E-state index contributed by atoms with van der Waals surface area (Å²) >= 11 is 0. The van der Waals surface area contributed by atoms with Crippen molar-refractivity contribution in [3.8, 4) is 0 Å². The van der Waals surface area contributed by atoms with Gasteiger partial charge in [-0.2, -0.15) is 0 Å². The van der Waals surface area contributed by atoms with Crippen molar-refractivity contribution >= 4 is 17.7 Å². The summed E-state index contributed by atoms with van der Waals surface area (Å²) in [4.78, 5) is 35.8. The van der Waals surface area contributed by atoms with Crippen molar-refractivity contribution in [3.63, 3.8) is 0 Å². The molecule has 0 radical (unpaired) electrons. The number of unbranched alkanes of at least 4 members (excludes halogenated alkanes) is 4. The van der Waals surface area contributed by atoms with E-state index < -0.39 is 11.9 Å². The zero-order valence-electron chi connectivity index (χ0n) is 16.5. The van der Waals surface area contributed by atoms with Crippen LogP contribution in [0.25, 0.3) is 0 Å². The third kappa shape index (κ3) is 9.78. The van der Waals surface area contributed by atoms with E-state index in [1.54, 1.807) is 0 Å². The number of amides is 3. The molecule has 0 saturated carbocycles. The fraction of sp³-hybridized carbons (Fsp3) is 0.571. The molecule has 0 spiro atoms. The van der Waals surface area contributed by atoms with Gasteiger partial charge in [0, 0.05) is 13.0 Å². The Balaban J connectivity index is 2.48. The minimum absolute atomic E-state index is 0.124. The van der Waals surface area contributed by atoms with E-state index in [0.717, 1.165) is 37.7 Å². The average Bonchev–Trinajstić information content (AvgIpc) is 2.65. The molecule has 0 aliphatic heterocycles. The van der Waals surface area contributed by atoms with Crippen molar-refractivity contribution in [2.75, 3.05) is 6.54 Å². The number of hydrogen-bond acceptors (Lipinski definition) is 3. The SMILES string of the molecule is CCCCCCCC(=O)N[C@H](CC(N)=O)C(=O)NC[C@H](C)c1ccccc1. The van der Waals surface area contributed by atoms with Crippen molar-refractivity contribution in [2.45, 2.75) is 70.8 Å². The third-order valence-corrected chi connectivity index (χ3v) is 4.52. The lowest BCUT2D eigenvalue weighted by atomic mass is 10.0. The van der Waals surface area contributed by atoms with Gasteiger partial charge < -0.3 is 16.4 Å². The summed E-state index contributed by atoms with van der Waals surface area (Å²) in [5.41, 5.74) is 6.35. The van der Waals surface area contributed by atoms with Gasteiger partial charge in [-0.1, -0.05) is 69.9 Å². The molecule has 0 aromatic heterocycles. The van der Waals surface area contributed by atoms with Gasteiger partial charge in [-0.3, -0.25) is 14.4 Å². The number of nitrogens with one attached hydrogen (secondary N) is 2. The van der Waals surface area contributed by atoms with E-state index in [0.29, 0.717) is 13.0 Å². The molecule has 6 heteroatoms. The highest BCUT2D eigenvalue weighted by molar-refractivity contribution is 5.91. The maximum atomic E-state index is 12.4. The highest BCUT2D eigenvalue weighted by atomic mass is 16.2. The van der Waals surface area contributed by atoms with Crippen LogP contribution in [0.4, 0.5) is 0 Å². The van der Waals surface area contributed by atoms with Crippen LogP contribution in [0.5, 0.6) is 0 Å². The molecule has 150 valence electrons. The van der Waals surface area contributed by atoms with Gasteiger partial charge in [-0.25, -0.2) is 0 Å². The second kappa shape index (κ2) is 12.9. The monoisotopic (exact) mass is 375 g/mol. The number of nitrogens with two attached hydrogens (primary N) is 1. The summed E-state index contributed by atoms with van der Waals surface area (Å²) in [5.74, 6) is -1.09. The largest absolute Gasteiger partial charge is 0.370 e. The molecule has 6 nitrogen and oxygen atoms in total. The standard InChI is InChI=1S/C21H33N3O3/c1-3-4-5-6-10-13-20(26)24-18(14-19(22)25)21(27)23-15-16(2)17-11-8-7-9-12-17/h7-9,11-12,16,18H,3-6,10,13-15H2,1-2H3,(H2,22,25)(H,23,27)(H,24,26)/t16-,18+/m0/s1. The Kier molecular flexibility index (Phi) is 10.8. The molecule has 4 N–H and O–H groups in total. The van der Waals surface area contributed by atoms with Gasteiger partial charge in [0.15, 0.2) is 0 Å². The van der Waals surface area contributed by atoms with Crippen LogP contribution in [0, 0.1) is 0 Å². The van der Waals surface area contributed by atoms with Crippen LogP contribution in [-0.4, -0.2) is 30.3 Å². The molecule has 0 unspecified atom stereocenters. The smallest absolute Gasteiger partial charge is 0.243 e. The summed E-state index contributed by atoms with van der Waals surface area (Å²) in [7, 11) is 0. The van der Waals surface area contributed by atoms with Crippen LogP contribution in [0.15, 0.2) is 30.3 Å². The topological polar surface area (TPSA) is 101 Å². The van der Waals surface area contributed by atoms with Crippen molar-refractivity contribution in [1.82, 2.24) is 10.6 Å². The zero-order chi connectivity index (χ0) is 20.1. The van der Waals surface area contributed by atoms with Crippen molar-refractivity contribution < 1.29 is 14.4 Å². The van der Waals surface area contributed by atoms with E-state index in [1.807, 2.05) is 37.3 Å². The lowest BCUT2D eigenvalue weighted by Gasteiger charge is -2.19. The van der Waals surface area contributed by atoms with Crippen LogP contribution in [0.1, 0.15) is 70.3 Å². The molecule has 0 aliphatic carbocycles. The van der Waals surface area contributed by atoms with Gasteiger partial charge >= 0.3 is 0 Å². The quantitative estimate of drug-likeness (QED) is 0.462. The van der Waals surface area contributed by atoms with E-state index in [9.17, 15) is 14.4 Å². The number of primary amides is 1. The van der Waals surface area contributed by atoms with Gasteiger partial charge in [0.1, 0.15) is 6.04 Å². The molecule has 27 heavy (non-hydrogen) atoms. The number of rotatable bonds is 13. The first-order chi connectivity index (χ1) is 12.9. The molecule has 0 aliphatic rings. The minimum Gasteiger partial charge on any atom is -0.370 e. The molecule has 0 bridgehead atoms. The normalized spacial score (nSPS) is 12.8. The Morgan fingerprint density at radius 3 is 2.33 bits per heavy atom. The van der Waals surface area contributed by atoms with Crippen LogP contribution in [0.3, 0.4) is 0 Å². The summed E-state index contributed by atoms with van der Waals surface area (Å²) in [6.45, 7) is 4.57. The van der Waals surface area contributed by atoms with E-state index in [-0.39, 0.29) is 24.2 Å². The summed E-state index contributed by atoms with van der Waals surface area (Å²) in [6.07, 6.45) is 5.33. The van der Waals surface area contributed by atoms with Crippen molar-refractivity contribution in [3.05, 3.63) is 35.9 Å². The molecule has 3 amide bonds. The third-order valence-electron chi connectivity index (χ3n) is 4.52. The van der Waals surface area contributed by atoms with Crippen molar-refractivity contribution in [2.24, 2.45) is 5.73 Å². The molecular weight excluding hydrogens is 342 g/mol.